The van der Waals surface area contributed by atoms with Crippen molar-refractivity contribution in [2.24, 2.45) is 5.92 Å². The van der Waals surface area contributed by atoms with E-state index in [1.54, 1.807) is 24.3 Å². The Hall–Kier alpha value is -3.13. The summed E-state index contributed by atoms with van der Waals surface area (Å²) in [4.78, 5) is 12.6. The smallest absolute Gasteiger partial charge is 0.338 e. The molecule has 0 radical (unpaired) electrons. The third-order valence-corrected chi connectivity index (χ3v) is 6.96. The van der Waals surface area contributed by atoms with Crippen molar-refractivity contribution in [3.05, 3.63) is 47.5 Å². The lowest BCUT2D eigenvalue weighted by atomic mass is 9.81. The van der Waals surface area contributed by atoms with Gasteiger partial charge in [0.2, 0.25) is 6.29 Å². The number of carbonyl (C=O) groups is 1. The molecule has 2 aromatic carbocycles. The fourth-order valence-electron chi connectivity index (χ4n) is 4.70. The fraction of sp³-hybridized carbons (Fsp3) is 0.500. The van der Waals surface area contributed by atoms with Crippen molar-refractivity contribution >= 4 is 5.97 Å². The first-order chi connectivity index (χ1) is 18.1. The van der Waals surface area contributed by atoms with Crippen LogP contribution in [0.1, 0.15) is 11.1 Å². The van der Waals surface area contributed by atoms with Crippen molar-refractivity contribution in [2.45, 2.75) is 49.1 Å². The van der Waals surface area contributed by atoms with Gasteiger partial charge in [-0.3, -0.25) is 0 Å². The van der Waals surface area contributed by atoms with Gasteiger partial charge in [0, 0.05) is 12.3 Å². The third kappa shape index (κ3) is 5.37. The summed E-state index contributed by atoms with van der Waals surface area (Å²) in [6.07, 6.45) is -7.10. The van der Waals surface area contributed by atoms with E-state index in [0.29, 0.717) is 5.56 Å². The van der Waals surface area contributed by atoms with Crippen LogP contribution < -0.4 is 14.2 Å². The van der Waals surface area contributed by atoms with Crippen LogP contribution in [0.25, 0.3) is 0 Å². The fourth-order valence-corrected chi connectivity index (χ4v) is 4.70. The van der Waals surface area contributed by atoms with Crippen LogP contribution >= 0.6 is 0 Å². The minimum Gasteiger partial charge on any atom is -0.504 e. The van der Waals surface area contributed by atoms with Gasteiger partial charge in [0.15, 0.2) is 28.6 Å². The number of benzene rings is 2. The highest BCUT2D eigenvalue weighted by molar-refractivity contribution is 5.82. The predicted molar refractivity (Wildman–Crippen MR) is 129 cm³/mol. The molecular weight excluding hydrogens is 504 g/mol. The van der Waals surface area contributed by atoms with Gasteiger partial charge in [-0.25, -0.2) is 4.79 Å². The lowest BCUT2D eigenvalue weighted by molar-refractivity contribution is -0.277. The summed E-state index contributed by atoms with van der Waals surface area (Å²) in [6.45, 7) is -0.596. The molecule has 4 rings (SSSR count). The Kier molecular flexibility index (Phi) is 8.31. The minimum absolute atomic E-state index is 0.00790. The minimum atomic E-state index is -1.84. The first kappa shape index (κ1) is 27.9. The van der Waals surface area contributed by atoms with E-state index < -0.39 is 54.8 Å². The molecule has 0 bridgehead atoms. The van der Waals surface area contributed by atoms with Crippen LogP contribution in [0.15, 0.2) is 36.4 Å². The number of aliphatic hydroxyl groups excluding tert-OH is 4. The standard InChI is InChI=1S/C26H32O12/c1-34-18-8-13(3-5-16(18)28)7-15-12-36-25(32)26(15,33)10-14-4-6-17(19(9-14)35-2)37-24-23(31)22(30)21(29)20(11-27)38-24/h3-6,8-9,15,20-24,27-31,33H,7,10-12H2,1-2H3/t15-,20+,21-,22+,23+,24-,26-/m1/s1. The second-order valence-electron chi connectivity index (χ2n) is 9.41. The zero-order valence-electron chi connectivity index (χ0n) is 20.9. The Morgan fingerprint density at radius 2 is 1.63 bits per heavy atom. The molecular formula is C26H32O12. The first-order valence-corrected chi connectivity index (χ1v) is 12.0. The molecule has 0 amide bonds. The molecule has 38 heavy (non-hydrogen) atoms. The summed E-state index contributed by atoms with van der Waals surface area (Å²) in [5.74, 6) is -0.780. The summed E-state index contributed by atoms with van der Waals surface area (Å²) < 4.78 is 26.8. The van der Waals surface area contributed by atoms with Crippen molar-refractivity contribution in [1.82, 2.24) is 0 Å². The number of ether oxygens (including phenoxy) is 5. The van der Waals surface area contributed by atoms with E-state index in [0.717, 1.165) is 5.56 Å². The maximum absolute atomic E-state index is 12.6. The first-order valence-electron chi connectivity index (χ1n) is 12.0. The molecule has 0 spiro atoms. The predicted octanol–water partition coefficient (Wildman–Crippen LogP) is -0.723. The molecule has 0 aliphatic carbocycles. The van der Waals surface area contributed by atoms with Gasteiger partial charge in [0.25, 0.3) is 0 Å². The number of carbonyl (C=O) groups excluding carboxylic acids is 1. The SMILES string of the molecule is COc1cc(C[C@@H]2COC(=O)[C@@]2(O)Cc2ccc(O[C@@H]3O[C@@H](CO)[C@@H](O)[C@H](O)[C@@H]3O)c(OC)c2)ccc1O. The Morgan fingerprint density at radius 3 is 2.32 bits per heavy atom. The van der Waals surface area contributed by atoms with Gasteiger partial charge < -0.3 is 54.3 Å². The van der Waals surface area contributed by atoms with Crippen molar-refractivity contribution in [1.29, 1.82) is 0 Å². The summed E-state index contributed by atoms with van der Waals surface area (Å²) >= 11 is 0. The van der Waals surface area contributed by atoms with Crippen LogP contribution in [-0.2, 0) is 27.1 Å². The van der Waals surface area contributed by atoms with E-state index in [9.17, 15) is 35.4 Å². The normalized spacial score (nSPS) is 31.1. The van der Waals surface area contributed by atoms with E-state index in [1.807, 2.05) is 0 Å². The lowest BCUT2D eigenvalue weighted by Gasteiger charge is -2.39. The van der Waals surface area contributed by atoms with Gasteiger partial charge in [-0.15, -0.1) is 0 Å². The zero-order chi connectivity index (χ0) is 27.6. The highest BCUT2D eigenvalue weighted by atomic mass is 16.7. The number of esters is 1. The Bertz CT molecular complexity index is 1140. The second kappa shape index (κ2) is 11.3. The average Bonchev–Trinajstić information content (AvgIpc) is 3.18. The van der Waals surface area contributed by atoms with E-state index in [-0.39, 0.29) is 42.4 Å². The van der Waals surface area contributed by atoms with E-state index in [1.165, 1.54) is 26.4 Å². The number of aromatic hydroxyl groups is 1. The number of aliphatic hydroxyl groups is 5. The van der Waals surface area contributed by atoms with Crippen LogP contribution in [-0.4, -0.2) is 100 Å². The van der Waals surface area contributed by atoms with Crippen LogP contribution in [0.3, 0.4) is 0 Å². The quantitative estimate of drug-likeness (QED) is 0.221. The van der Waals surface area contributed by atoms with Crippen LogP contribution in [0, 0.1) is 5.92 Å². The topological polar surface area (TPSA) is 185 Å². The van der Waals surface area contributed by atoms with Gasteiger partial charge in [0.1, 0.15) is 24.4 Å². The summed E-state index contributed by atoms with van der Waals surface area (Å²) in [7, 11) is 2.80. The molecule has 0 saturated carbocycles. The van der Waals surface area contributed by atoms with Crippen LogP contribution in [0.5, 0.6) is 23.0 Å². The zero-order valence-corrected chi connectivity index (χ0v) is 20.9. The maximum Gasteiger partial charge on any atom is 0.338 e. The molecule has 208 valence electrons. The van der Waals surface area contributed by atoms with E-state index in [4.69, 9.17) is 23.7 Å². The van der Waals surface area contributed by atoms with Crippen molar-refractivity contribution in [2.75, 3.05) is 27.4 Å². The average molecular weight is 537 g/mol. The van der Waals surface area contributed by atoms with Crippen LogP contribution in [0.4, 0.5) is 0 Å². The number of hydrogen-bond acceptors (Lipinski definition) is 12. The monoisotopic (exact) mass is 536 g/mol. The number of phenolic OH excluding ortho intramolecular Hbond substituents is 1. The molecule has 2 saturated heterocycles. The molecule has 0 aromatic heterocycles. The molecule has 2 aliphatic heterocycles. The summed E-state index contributed by atoms with van der Waals surface area (Å²) in [6, 6.07) is 9.40. The number of methoxy groups -OCH3 is 2. The largest absolute Gasteiger partial charge is 0.504 e. The van der Waals surface area contributed by atoms with Gasteiger partial charge in [-0.1, -0.05) is 12.1 Å². The van der Waals surface area contributed by atoms with Gasteiger partial charge in [-0.2, -0.15) is 0 Å². The molecule has 12 nitrogen and oxygen atoms in total. The van der Waals surface area contributed by atoms with Gasteiger partial charge >= 0.3 is 5.97 Å². The molecule has 2 aromatic rings. The molecule has 2 fully saturated rings. The molecule has 2 heterocycles. The number of phenols is 1. The Morgan fingerprint density at radius 1 is 0.947 bits per heavy atom. The van der Waals surface area contributed by atoms with Crippen molar-refractivity contribution in [3.8, 4) is 23.0 Å². The van der Waals surface area contributed by atoms with Crippen LogP contribution in [0.2, 0.25) is 0 Å². The molecule has 7 atom stereocenters. The van der Waals surface area contributed by atoms with Crippen molar-refractivity contribution in [3.63, 3.8) is 0 Å². The molecule has 0 unspecified atom stereocenters. The van der Waals surface area contributed by atoms with E-state index >= 15 is 0 Å². The second-order valence-corrected chi connectivity index (χ2v) is 9.41. The lowest BCUT2D eigenvalue weighted by Crippen LogP contribution is -2.60. The van der Waals surface area contributed by atoms with E-state index in [2.05, 4.69) is 0 Å². The van der Waals surface area contributed by atoms with Gasteiger partial charge in [0.05, 0.1) is 27.4 Å². The Labute approximate surface area is 218 Å². The number of cyclic esters (lactones) is 1. The van der Waals surface area contributed by atoms with Crippen molar-refractivity contribution < 1.29 is 59.1 Å². The maximum atomic E-state index is 12.6. The molecule has 2 aliphatic rings. The summed E-state index contributed by atoms with van der Waals surface area (Å²) in [5, 5.41) is 60.9. The Balaban J connectivity index is 1.52. The highest BCUT2D eigenvalue weighted by Crippen LogP contribution is 2.38. The summed E-state index contributed by atoms with van der Waals surface area (Å²) in [5.41, 5.74) is -0.574. The number of rotatable bonds is 9. The highest BCUT2D eigenvalue weighted by Gasteiger charge is 2.51. The third-order valence-electron chi connectivity index (χ3n) is 6.96. The molecule has 6 N–H and O–H groups in total. The van der Waals surface area contributed by atoms with Gasteiger partial charge in [-0.05, 0) is 41.8 Å². The molecule has 12 heteroatoms. The number of hydrogen-bond donors (Lipinski definition) is 6.